The van der Waals surface area contributed by atoms with Crippen molar-refractivity contribution in [2.24, 2.45) is 5.73 Å². The number of amides is 4. The summed E-state index contributed by atoms with van der Waals surface area (Å²) in [6.07, 6.45) is 0.954. The summed E-state index contributed by atoms with van der Waals surface area (Å²) in [5.41, 5.74) is 5.93. The fourth-order valence-electron chi connectivity index (χ4n) is 3.38. The number of benzene rings is 1. The minimum absolute atomic E-state index is 0.116. The Labute approximate surface area is 190 Å². The third kappa shape index (κ3) is 8.16. The summed E-state index contributed by atoms with van der Waals surface area (Å²) in [4.78, 5) is 60.7. The Hall–Kier alpha value is -3.51. The molecule has 0 spiro atoms. The summed E-state index contributed by atoms with van der Waals surface area (Å²) in [6, 6.07) is 4.25. The Morgan fingerprint density at radius 2 is 1.64 bits per heavy atom. The van der Waals surface area contributed by atoms with Crippen LogP contribution in [0.3, 0.4) is 0 Å². The van der Waals surface area contributed by atoms with Crippen LogP contribution in [0.1, 0.15) is 24.8 Å². The van der Waals surface area contributed by atoms with E-state index >= 15 is 0 Å². The van der Waals surface area contributed by atoms with Gasteiger partial charge in [0.1, 0.15) is 18.1 Å². The Morgan fingerprint density at radius 3 is 2.18 bits per heavy atom. The number of hydrogen-bond donors (Lipinski definition) is 7. The number of carboxylic acid groups (broad SMARTS) is 1. The third-order valence-corrected chi connectivity index (χ3v) is 5.13. The highest BCUT2D eigenvalue weighted by atomic mass is 16.4. The van der Waals surface area contributed by atoms with E-state index in [1.165, 1.54) is 0 Å². The van der Waals surface area contributed by atoms with Crippen LogP contribution < -0.4 is 27.0 Å². The first-order valence-corrected chi connectivity index (χ1v) is 10.5. The number of hydrogen-bond acceptors (Lipinski definition) is 7. The molecule has 1 fully saturated rings. The number of carboxylic acids is 1. The van der Waals surface area contributed by atoms with Crippen molar-refractivity contribution in [2.75, 3.05) is 13.2 Å². The lowest BCUT2D eigenvalue weighted by Crippen LogP contribution is -2.58. The zero-order chi connectivity index (χ0) is 24.4. The molecule has 12 nitrogen and oxygen atoms in total. The quantitative estimate of drug-likeness (QED) is 0.175. The van der Waals surface area contributed by atoms with Gasteiger partial charge in [-0.3, -0.25) is 19.2 Å². The molecular formula is C21H29N5O7. The monoisotopic (exact) mass is 463 g/mol. The highest BCUT2D eigenvalue weighted by Gasteiger charge is 2.32. The van der Waals surface area contributed by atoms with Crippen LogP contribution >= 0.6 is 0 Å². The van der Waals surface area contributed by atoms with Crippen molar-refractivity contribution in [2.45, 2.75) is 49.9 Å². The second-order valence-electron chi connectivity index (χ2n) is 7.71. The number of primary amides is 1. The molecule has 33 heavy (non-hydrogen) atoms. The Kier molecular flexibility index (Phi) is 9.76. The van der Waals surface area contributed by atoms with Gasteiger partial charge >= 0.3 is 5.97 Å². The van der Waals surface area contributed by atoms with Crippen molar-refractivity contribution in [3.05, 3.63) is 35.9 Å². The summed E-state index contributed by atoms with van der Waals surface area (Å²) in [6.45, 7) is -0.205. The molecule has 2 rings (SSSR count). The second-order valence-corrected chi connectivity index (χ2v) is 7.71. The Balaban J connectivity index is 2.17. The number of carbonyl (C=O) groups excluding carboxylic acids is 4. The minimum atomic E-state index is -1.63. The average molecular weight is 463 g/mol. The summed E-state index contributed by atoms with van der Waals surface area (Å²) >= 11 is 0. The van der Waals surface area contributed by atoms with Crippen molar-refractivity contribution in [1.29, 1.82) is 0 Å². The molecular weight excluding hydrogens is 434 g/mol. The predicted octanol–water partition coefficient (Wildman–Crippen LogP) is -2.61. The largest absolute Gasteiger partial charge is 0.480 e. The molecule has 1 heterocycles. The summed E-state index contributed by atoms with van der Waals surface area (Å²) in [5, 5.41) is 28.3. The molecule has 8 N–H and O–H groups in total. The molecule has 4 unspecified atom stereocenters. The first kappa shape index (κ1) is 25.7. The van der Waals surface area contributed by atoms with E-state index < -0.39 is 60.9 Å². The van der Waals surface area contributed by atoms with E-state index in [0.717, 1.165) is 12.0 Å². The number of aliphatic hydroxyl groups is 1. The molecule has 0 saturated carbocycles. The van der Waals surface area contributed by atoms with Crippen molar-refractivity contribution in [3.63, 3.8) is 0 Å². The molecule has 12 heteroatoms. The highest BCUT2D eigenvalue weighted by molar-refractivity contribution is 5.96. The molecule has 1 saturated heterocycles. The van der Waals surface area contributed by atoms with E-state index in [2.05, 4.69) is 16.0 Å². The van der Waals surface area contributed by atoms with Crippen LogP contribution in [0.15, 0.2) is 30.3 Å². The van der Waals surface area contributed by atoms with Gasteiger partial charge in [-0.2, -0.15) is 0 Å². The minimum Gasteiger partial charge on any atom is -0.480 e. The SMILES string of the molecule is NC(=O)CC(NC(=O)C(Cc1ccccc1)NC(=O)C1CCCN1)C(=O)NC(CO)C(=O)O. The number of rotatable bonds is 12. The molecule has 1 aliphatic rings. The smallest absolute Gasteiger partial charge is 0.328 e. The van der Waals surface area contributed by atoms with Crippen LogP contribution in [0.5, 0.6) is 0 Å². The van der Waals surface area contributed by atoms with Gasteiger partial charge in [-0.15, -0.1) is 0 Å². The van der Waals surface area contributed by atoms with Crippen molar-refractivity contribution >= 4 is 29.6 Å². The van der Waals surface area contributed by atoms with Crippen LogP contribution in [-0.2, 0) is 30.4 Å². The van der Waals surface area contributed by atoms with Gasteiger partial charge in [-0.1, -0.05) is 30.3 Å². The Bertz CT molecular complexity index is 858. The topological polar surface area (TPSA) is 200 Å². The van der Waals surface area contributed by atoms with Gasteiger partial charge in [-0.25, -0.2) is 4.79 Å². The number of aliphatic carboxylic acids is 1. The first-order valence-electron chi connectivity index (χ1n) is 10.5. The lowest BCUT2D eigenvalue weighted by Gasteiger charge is -2.24. The number of carbonyl (C=O) groups is 5. The second kappa shape index (κ2) is 12.5. The molecule has 4 atom stereocenters. The molecule has 0 bridgehead atoms. The molecule has 4 amide bonds. The van der Waals surface area contributed by atoms with E-state index in [1.807, 2.05) is 5.32 Å². The molecule has 0 aromatic heterocycles. The van der Waals surface area contributed by atoms with Gasteiger partial charge in [0, 0.05) is 6.42 Å². The van der Waals surface area contributed by atoms with Crippen LogP contribution in [0.4, 0.5) is 0 Å². The van der Waals surface area contributed by atoms with Crippen molar-refractivity contribution < 1.29 is 34.2 Å². The summed E-state index contributed by atoms with van der Waals surface area (Å²) < 4.78 is 0. The zero-order valence-corrected chi connectivity index (χ0v) is 18.0. The average Bonchev–Trinajstić information content (AvgIpc) is 3.31. The maximum atomic E-state index is 13.0. The van der Waals surface area contributed by atoms with E-state index in [-0.39, 0.29) is 12.3 Å². The van der Waals surface area contributed by atoms with Gasteiger partial charge in [0.05, 0.1) is 19.1 Å². The maximum absolute atomic E-state index is 13.0. The fourth-order valence-corrected chi connectivity index (χ4v) is 3.38. The van der Waals surface area contributed by atoms with Gasteiger partial charge in [0.25, 0.3) is 0 Å². The molecule has 0 radical (unpaired) electrons. The Morgan fingerprint density at radius 1 is 1.00 bits per heavy atom. The summed E-state index contributed by atoms with van der Waals surface area (Å²) in [7, 11) is 0. The van der Waals surface area contributed by atoms with E-state index in [9.17, 15) is 24.0 Å². The van der Waals surface area contributed by atoms with E-state index in [0.29, 0.717) is 13.0 Å². The van der Waals surface area contributed by atoms with Crippen LogP contribution in [0, 0.1) is 0 Å². The van der Waals surface area contributed by atoms with E-state index in [4.69, 9.17) is 15.9 Å². The van der Waals surface area contributed by atoms with Gasteiger partial charge in [0.2, 0.25) is 23.6 Å². The molecule has 1 aromatic rings. The van der Waals surface area contributed by atoms with E-state index in [1.54, 1.807) is 30.3 Å². The zero-order valence-electron chi connectivity index (χ0n) is 18.0. The lowest BCUT2D eigenvalue weighted by molar-refractivity contribution is -0.143. The predicted molar refractivity (Wildman–Crippen MR) is 115 cm³/mol. The van der Waals surface area contributed by atoms with Gasteiger partial charge in [-0.05, 0) is 24.9 Å². The number of nitrogens with one attached hydrogen (secondary N) is 4. The first-order chi connectivity index (χ1) is 15.7. The van der Waals surface area contributed by atoms with Crippen LogP contribution in [-0.4, -0.2) is 77.1 Å². The van der Waals surface area contributed by atoms with Crippen LogP contribution in [0.25, 0.3) is 0 Å². The maximum Gasteiger partial charge on any atom is 0.328 e. The molecule has 0 aliphatic carbocycles. The molecule has 1 aromatic carbocycles. The van der Waals surface area contributed by atoms with Crippen LogP contribution in [0.2, 0.25) is 0 Å². The third-order valence-electron chi connectivity index (χ3n) is 5.13. The molecule has 1 aliphatic heterocycles. The van der Waals surface area contributed by atoms with Crippen molar-refractivity contribution in [1.82, 2.24) is 21.3 Å². The number of nitrogens with two attached hydrogens (primary N) is 1. The summed E-state index contributed by atoms with van der Waals surface area (Å²) in [5.74, 6) is -4.53. The normalized spacial score (nSPS) is 17.9. The molecule has 180 valence electrons. The van der Waals surface area contributed by atoms with Gasteiger partial charge in [0.15, 0.2) is 0 Å². The highest BCUT2D eigenvalue weighted by Crippen LogP contribution is 2.08. The number of aliphatic hydroxyl groups excluding tert-OH is 1. The fraction of sp³-hybridized carbons (Fsp3) is 0.476. The standard InChI is InChI=1S/C21H29N5O7/c22-17(28)10-15(20(31)26-16(11-27)21(32)33)25-19(30)14(9-12-5-2-1-3-6-12)24-18(29)13-7-4-8-23-13/h1-3,5-6,13-16,23,27H,4,7-11H2,(H2,22,28)(H,24,29)(H,25,30)(H,26,31)(H,32,33). The lowest BCUT2D eigenvalue weighted by atomic mass is 10.0. The van der Waals surface area contributed by atoms with Gasteiger partial charge < -0.3 is 37.2 Å². The van der Waals surface area contributed by atoms with Crippen molar-refractivity contribution in [3.8, 4) is 0 Å².